The van der Waals surface area contributed by atoms with Crippen LogP contribution in [0.5, 0.6) is 0 Å². The summed E-state index contributed by atoms with van der Waals surface area (Å²) in [6.45, 7) is 0.433. The van der Waals surface area contributed by atoms with Crippen molar-refractivity contribution >= 4 is 17.5 Å². The van der Waals surface area contributed by atoms with Crippen LogP contribution in [-0.2, 0) is 11.3 Å². The summed E-state index contributed by atoms with van der Waals surface area (Å²) in [5.41, 5.74) is 0.450. The van der Waals surface area contributed by atoms with E-state index in [1.54, 1.807) is 7.05 Å². The number of likely N-dealkylation sites (N-methyl/N-ethyl adjacent to an activating group) is 1. The van der Waals surface area contributed by atoms with Crippen molar-refractivity contribution in [2.75, 3.05) is 13.6 Å². The summed E-state index contributed by atoms with van der Waals surface area (Å²) in [5, 5.41) is 5.75. The van der Waals surface area contributed by atoms with Gasteiger partial charge in [-0.2, -0.15) is 0 Å². The van der Waals surface area contributed by atoms with Crippen molar-refractivity contribution < 1.29 is 9.18 Å². The average molecular weight is 231 g/mol. The number of carbonyl (C=O) groups is 1. The van der Waals surface area contributed by atoms with Crippen LogP contribution in [-0.4, -0.2) is 19.5 Å². The van der Waals surface area contributed by atoms with Gasteiger partial charge in [0.05, 0.1) is 6.54 Å². The molecule has 3 nitrogen and oxygen atoms in total. The number of hydrogen-bond donors (Lipinski definition) is 2. The van der Waals surface area contributed by atoms with Gasteiger partial charge in [0.2, 0.25) is 5.91 Å². The Morgan fingerprint density at radius 3 is 2.93 bits per heavy atom. The molecule has 1 aromatic carbocycles. The lowest BCUT2D eigenvalue weighted by atomic mass is 10.2. The van der Waals surface area contributed by atoms with E-state index in [1.807, 2.05) is 0 Å². The molecule has 0 spiro atoms. The first-order valence-corrected chi connectivity index (χ1v) is 4.86. The van der Waals surface area contributed by atoms with E-state index in [0.717, 1.165) is 0 Å². The summed E-state index contributed by atoms with van der Waals surface area (Å²) in [6, 6.07) is 4.33. The monoisotopic (exact) mass is 230 g/mol. The van der Waals surface area contributed by atoms with E-state index in [0.29, 0.717) is 10.6 Å². The molecule has 0 atom stereocenters. The van der Waals surface area contributed by atoms with Gasteiger partial charge >= 0.3 is 0 Å². The van der Waals surface area contributed by atoms with Gasteiger partial charge in [0.15, 0.2) is 0 Å². The van der Waals surface area contributed by atoms with Gasteiger partial charge in [0.1, 0.15) is 5.82 Å². The van der Waals surface area contributed by atoms with E-state index in [9.17, 15) is 9.18 Å². The van der Waals surface area contributed by atoms with Crippen LogP contribution in [0.2, 0.25) is 5.02 Å². The highest BCUT2D eigenvalue weighted by Gasteiger charge is 2.03. The highest BCUT2D eigenvalue weighted by molar-refractivity contribution is 6.30. The van der Waals surface area contributed by atoms with Gasteiger partial charge in [0.25, 0.3) is 0 Å². The number of benzene rings is 1. The zero-order valence-electron chi connectivity index (χ0n) is 8.31. The molecule has 5 heteroatoms. The third-order valence-corrected chi connectivity index (χ3v) is 2.12. The molecule has 0 bridgehead atoms. The van der Waals surface area contributed by atoms with Crippen molar-refractivity contribution in [3.63, 3.8) is 0 Å². The van der Waals surface area contributed by atoms with Crippen molar-refractivity contribution in [2.45, 2.75) is 6.54 Å². The molecule has 0 aliphatic carbocycles. The van der Waals surface area contributed by atoms with Crippen LogP contribution in [0, 0.1) is 5.82 Å². The van der Waals surface area contributed by atoms with Crippen molar-refractivity contribution in [2.24, 2.45) is 0 Å². The Morgan fingerprint density at radius 2 is 2.27 bits per heavy atom. The first-order chi connectivity index (χ1) is 7.13. The quantitative estimate of drug-likeness (QED) is 0.819. The Morgan fingerprint density at radius 1 is 1.53 bits per heavy atom. The van der Waals surface area contributed by atoms with E-state index < -0.39 is 0 Å². The summed E-state index contributed by atoms with van der Waals surface area (Å²) in [4.78, 5) is 10.9. The average Bonchev–Trinajstić information content (AvgIpc) is 2.23. The van der Waals surface area contributed by atoms with E-state index in [2.05, 4.69) is 10.6 Å². The summed E-state index contributed by atoms with van der Waals surface area (Å²) in [7, 11) is 1.55. The largest absolute Gasteiger partial charge is 0.358 e. The van der Waals surface area contributed by atoms with Crippen LogP contribution in [0.15, 0.2) is 18.2 Å². The van der Waals surface area contributed by atoms with E-state index in [4.69, 9.17) is 11.6 Å². The standard InChI is InChI=1S/C10H12ClFN2O/c1-13-10(15)6-14-5-7-4-8(11)2-3-9(7)12/h2-4,14H,5-6H2,1H3,(H,13,15). The third kappa shape index (κ3) is 3.85. The highest BCUT2D eigenvalue weighted by Crippen LogP contribution is 2.14. The zero-order chi connectivity index (χ0) is 11.3. The first kappa shape index (κ1) is 11.9. The fourth-order valence-electron chi connectivity index (χ4n) is 1.08. The molecule has 0 unspecified atom stereocenters. The minimum atomic E-state index is -0.330. The molecule has 0 heterocycles. The smallest absolute Gasteiger partial charge is 0.233 e. The summed E-state index contributed by atoms with van der Waals surface area (Å²) >= 11 is 5.71. The lowest BCUT2D eigenvalue weighted by Crippen LogP contribution is -2.31. The molecule has 0 aliphatic rings. The maximum absolute atomic E-state index is 13.2. The topological polar surface area (TPSA) is 41.1 Å². The van der Waals surface area contributed by atoms with Gasteiger partial charge in [-0.25, -0.2) is 4.39 Å². The third-order valence-electron chi connectivity index (χ3n) is 1.89. The van der Waals surface area contributed by atoms with Gasteiger partial charge < -0.3 is 10.6 Å². The van der Waals surface area contributed by atoms with Crippen LogP contribution < -0.4 is 10.6 Å². The van der Waals surface area contributed by atoms with Gasteiger partial charge in [-0.1, -0.05) is 11.6 Å². The normalized spacial score (nSPS) is 10.1. The molecular weight excluding hydrogens is 219 g/mol. The van der Waals surface area contributed by atoms with E-state index >= 15 is 0 Å². The Balaban J connectivity index is 2.50. The second-order valence-corrected chi connectivity index (χ2v) is 3.45. The molecule has 82 valence electrons. The van der Waals surface area contributed by atoms with Crippen molar-refractivity contribution in [1.82, 2.24) is 10.6 Å². The Labute approximate surface area is 92.6 Å². The fraction of sp³-hybridized carbons (Fsp3) is 0.300. The summed E-state index contributed by atoms with van der Waals surface area (Å²) < 4.78 is 13.2. The number of hydrogen-bond acceptors (Lipinski definition) is 2. The minimum Gasteiger partial charge on any atom is -0.358 e. The predicted octanol–water partition coefficient (Wildman–Crippen LogP) is 1.31. The van der Waals surface area contributed by atoms with Gasteiger partial charge in [-0.3, -0.25) is 4.79 Å². The number of rotatable bonds is 4. The number of nitrogens with one attached hydrogen (secondary N) is 2. The Bertz CT molecular complexity index is 357. The molecule has 15 heavy (non-hydrogen) atoms. The molecule has 1 amide bonds. The van der Waals surface area contributed by atoms with Crippen molar-refractivity contribution in [3.05, 3.63) is 34.6 Å². The fourth-order valence-corrected chi connectivity index (χ4v) is 1.27. The van der Waals surface area contributed by atoms with Crippen LogP contribution in [0.1, 0.15) is 5.56 Å². The zero-order valence-corrected chi connectivity index (χ0v) is 9.07. The van der Waals surface area contributed by atoms with Gasteiger partial charge in [-0.15, -0.1) is 0 Å². The van der Waals surface area contributed by atoms with E-state index in [-0.39, 0.29) is 24.8 Å². The molecular formula is C10H12ClFN2O. The highest BCUT2D eigenvalue weighted by atomic mass is 35.5. The SMILES string of the molecule is CNC(=O)CNCc1cc(Cl)ccc1F. The van der Waals surface area contributed by atoms with Crippen LogP contribution in [0.4, 0.5) is 4.39 Å². The second kappa shape index (κ2) is 5.68. The minimum absolute atomic E-state index is 0.141. The maximum atomic E-state index is 13.2. The van der Waals surface area contributed by atoms with Crippen LogP contribution >= 0.6 is 11.6 Å². The molecule has 1 aromatic rings. The van der Waals surface area contributed by atoms with E-state index in [1.165, 1.54) is 18.2 Å². The van der Waals surface area contributed by atoms with Crippen molar-refractivity contribution in [3.8, 4) is 0 Å². The number of amides is 1. The lowest BCUT2D eigenvalue weighted by Gasteiger charge is -2.05. The van der Waals surface area contributed by atoms with Gasteiger partial charge in [0, 0.05) is 24.2 Å². The molecule has 0 fully saturated rings. The molecule has 0 aromatic heterocycles. The van der Waals surface area contributed by atoms with Crippen LogP contribution in [0.25, 0.3) is 0 Å². The van der Waals surface area contributed by atoms with Crippen molar-refractivity contribution in [1.29, 1.82) is 0 Å². The Hall–Kier alpha value is -1.13. The summed E-state index contributed by atoms with van der Waals surface area (Å²) in [6.07, 6.45) is 0. The maximum Gasteiger partial charge on any atom is 0.233 e. The first-order valence-electron chi connectivity index (χ1n) is 4.48. The molecule has 0 aliphatic heterocycles. The second-order valence-electron chi connectivity index (χ2n) is 3.01. The Kier molecular flexibility index (Phi) is 4.52. The lowest BCUT2D eigenvalue weighted by molar-refractivity contribution is -0.119. The number of carbonyl (C=O) groups excluding carboxylic acids is 1. The number of halogens is 2. The van der Waals surface area contributed by atoms with Gasteiger partial charge in [-0.05, 0) is 18.2 Å². The molecule has 0 radical (unpaired) electrons. The molecule has 2 N–H and O–H groups in total. The molecule has 0 saturated carbocycles. The summed E-state index contributed by atoms with van der Waals surface area (Å²) in [5.74, 6) is -0.471. The van der Waals surface area contributed by atoms with Crippen LogP contribution in [0.3, 0.4) is 0 Å². The molecule has 1 rings (SSSR count). The predicted molar refractivity (Wildman–Crippen MR) is 57.2 cm³/mol. The molecule has 0 saturated heterocycles.